The molecule has 1 aliphatic heterocycles. The zero-order valence-electron chi connectivity index (χ0n) is 14.0. The number of hydrogen-bond donors (Lipinski definition) is 2. The molecule has 0 aromatic carbocycles. The molecule has 0 spiro atoms. The second-order valence-electron chi connectivity index (χ2n) is 8.46. The van der Waals surface area contributed by atoms with Crippen LogP contribution < -0.4 is 10.6 Å². The van der Waals surface area contributed by atoms with Gasteiger partial charge in [-0.05, 0) is 68.1 Å². The number of esters is 1. The van der Waals surface area contributed by atoms with Crippen molar-refractivity contribution in [1.82, 2.24) is 10.6 Å². The van der Waals surface area contributed by atoms with E-state index in [0.29, 0.717) is 19.4 Å². The first-order chi connectivity index (χ1) is 11.5. The van der Waals surface area contributed by atoms with Gasteiger partial charge in [-0.2, -0.15) is 0 Å². The molecule has 24 heavy (non-hydrogen) atoms. The average molecular weight is 334 g/mol. The molecule has 2 N–H and O–H groups in total. The van der Waals surface area contributed by atoms with Gasteiger partial charge in [0.2, 0.25) is 5.91 Å². The smallest absolute Gasteiger partial charge is 0.329 e. The summed E-state index contributed by atoms with van der Waals surface area (Å²) in [6.45, 7) is 0.463. The van der Waals surface area contributed by atoms with Crippen LogP contribution in [0.3, 0.4) is 0 Å². The molecule has 0 aromatic rings. The molecule has 4 bridgehead atoms. The van der Waals surface area contributed by atoms with Gasteiger partial charge in [0.05, 0.1) is 0 Å². The molecular formula is C18H26N2O4. The minimum absolute atomic E-state index is 0.136. The van der Waals surface area contributed by atoms with E-state index >= 15 is 0 Å². The maximum Gasteiger partial charge on any atom is 0.329 e. The average Bonchev–Trinajstić information content (AvgIpc) is 2.96. The fourth-order valence-electron chi connectivity index (χ4n) is 5.87. The highest BCUT2D eigenvalue weighted by atomic mass is 16.5. The van der Waals surface area contributed by atoms with Crippen LogP contribution in [0.1, 0.15) is 51.4 Å². The Morgan fingerprint density at radius 1 is 1.12 bits per heavy atom. The van der Waals surface area contributed by atoms with Crippen molar-refractivity contribution < 1.29 is 19.1 Å². The van der Waals surface area contributed by atoms with Crippen LogP contribution in [0.5, 0.6) is 0 Å². The van der Waals surface area contributed by atoms with Crippen molar-refractivity contribution in [2.75, 3.05) is 13.2 Å². The van der Waals surface area contributed by atoms with Crippen molar-refractivity contribution >= 4 is 17.8 Å². The van der Waals surface area contributed by atoms with Crippen molar-refractivity contribution in [3.8, 4) is 0 Å². The van der Waals surface area contributed by atoms with E-state index in [9.17, 15) is 14.4 Å². The second-order valence-corrected chi connectivity index (χ2v) is 8.46. The Labute approximate surface area is 142 Å². The van der Waals surface area contributed by atoms with Crippen LogP contribution in [0.2, 0.25) is 0 Å². The van der Waals surface area contributed by atoms with Crippen molar-refractivity contribution in [2.45, 2.75) is 57.4 Å². The third-order valence-corrected chi connectivity index (χ3v) is 6.45. The standard InChI is InChI=1S/C18H26N2O4/c21-15-2-1-14(20-15)17(23)24-9-16(22)19-10-18-6-11-3-12(7-18)5-13(4-11)8-18/h11-14H,1-10H2,(H,19,22)(H,20,21)/t11?,12?,13?,14-,18?/m1/s1. The number of nitrogens with one attached hydrogen (secondary N) is 2. The molecule has 0 aromatic heterocycles. The minimum atomic E-state index is -0.589. The third-order valence-electron chi connectivity index (χ3n) is 6.45. The first-order valence-electron chi connectivity index (χ1n) is 9.24. The Bertz CT molecular complexity index is 524. The molecule has 5 fully saturated rings. The summed E-state index contributed by atoms with van der Waals surface area (Å²) >= 11 is 0. The van der Waals surface area contributed by atoms with E-state index in [-0.39, 0.29) is 23.8 Å². The van der Waals surface area contributed by atoms with Gasteiger partial charge in [0, 0.05) is 13.0 Å². The molecule has 1 heterocycles. The summed E-state index contributed by atoms with van der Waals surface area (Å²) in [7, 11) is 0. The molecule has 2 amide bonds. The molecule has 0 unspecified atom stereocenters. The first kappa shape index (κ1) is 15.9. The van der Waals surface area contributed by atoms with Crippen LogP contribution in [0, 0.1) is 23.2 Å². The van der Waals surface area contributed by atoms with Crippen LogP contribution in [0.25, 0.3) is 0 Å². The summed E-state index contributed by atoms with van der Waals surface area (Å²) in [4.78, 5) is 35.0. The van der Waals surface area contributed by atoms with Gasteiger partial charge in [-0.25, -0.2) is 4.79 Å². The molecule has 132 valence electrons. The maximum absolute atomic E-state index is 12.0. The minimum Gasteiger partial charge on any atom is -0.454 e. The van der Waals surface area contributed by atoms with Gasteiger partial charge in [0.15, 0.2) is 6.61 Å². The Morgan fingerprint density at radius 2 is 1.75 bits per heavy atom. The van der Waals surface area contributed by atoms with Crippen molar-refractivity contribution in [2.24, 2.45) is 23.2 Å². The fraction of sp³-hybridized carbons (Fsp3) is 0.833. The molecule has 1 atom stereocenters. The molecule has 6 heteroatoms. The topological polar surface area (TPSA) is 84.5 Å². The monoisotopic (exact) mass is 334 g/mol. The summed E-state index contributed by atoms with van der Waals surface area (Å²) < 4.78 is 5.04. The zero-order valence-corrected chi connectivity index (χ0v) is 14.0. The van der Waals surface area contributed by atoms with Gasteiger partial charge in [-0.15, -0.1) is 0 Å². The van der Waals surface area contributed by atoms with Gasteiger partial charge >= 0.3 is 5.97 Å². The summed E-state index contributed by atoms with van der Waals surface area (Å²) in [5.41, 5.74) is 0.286. The van der Waals surface area contributed by atoms with Crippen molar-refractivity contribution in [3.63, 3.8) is 0 Å². The van der Waals surface area contributed by atoms with E-state index in [0.717, 1.165) is 17.8 Å². The largest absolute Gasteiger partial charge is 0.454 e. The number of carbonyl (C=O) groups is 3. The highest BCUT2D eigenvalue weighted by Gasteiger charge is 2.50. The highest BCUT2D eigenvalue weighted by Crippen LogP contribution is 2.59. The van der Waals surface area contributed by atoms with Crippen LogP contribution in [0.4, 0.5) is 0 Å². The molecule has 5 aliphatic rings. The summed E-state index contributed by atoms with van der Waals surface area (Å²) in [5.74, 6) is 1.70. The van der Waals surface area contributed by atoms with Gasteiger partial charge in [-0.3, -0.25) is 9.59 Å². The first-order valence-corrected chi connectivity index (χ1v) is 9.24. The number of ether oxygens (including phenoxy) is 1. The molecular weight excluding hydrogens is 308 g/mol. The van der Waals surface area contributed by atoms with Crippen LogP contribution in [-0.4, -0.2) is 37.0 Å². The van der Waals surface area contributed by atoms with E-state index < -0.39 is 12.0 Å². The second kappa shape index (κ2) is 6.05. The predicted molar refractivity (Wildman–Crippen MR) is 85.7 cm³/mol. The fourth-order valence-corrected chi connectivity index (χ4v) is 5.87. The molecule has 0 radical (unpaired) electrons. The normalized spacial score (nSPS) is 39.6. The van der Waals surface area contributed by atoms with Crippen LogP contribution in [-0.2, 0) is 19.1 Å². The lowest BCUT2D eigenvalue weighted by Crippen LogP contribution is -2.51. The van der Waals surface area contributed by atoms with Gasteiger partial charge in [0.1, 0.15) is 6.04 Å². The van der Waals surface area contributed by atoms with E-state index in [1.165, 1.54) is 38.5 Å². The number of amides is 2. The Morgan fingerprint density at radius 3 is 2.29 bits per heavy atom. The zero-order chi connectivity index (χ0) is 16.7. The van der Waals surface area contributed by atoms with Gasteiger partial charge in [0.25, 0.3) is 5.91 Å². The Kier molecular flexibility index (Phi) is 4.01. The molecule has 4 aliphatic carbocycles. The van der Waals surface area contributed by atoms with E-state index in [1.807, 2.05) is 0 Å². The SMILES string of the molecule is O=C(COC(=O)[C@H]1CCC(=O)N1)NCC12CC3CC(CC(C3)C1)C2. The lowest BCUT2D eigenvalue weighted by molar-refractivity contribution is -0.151. The van der Waals surface area contributed by atoms with Crippen LogP contribution >= 0.6 is 0 Å². The number of hydrogen-bond acceptors (Lipinski definition) is 4. The third kappa shape index (κ3) is 3.15. The van der Waals surface area contributed by atoms with Gasteiger partial charge < -0.3 is 15.4 Å². The highest BCUT2D eigenvalue weighted by molar-refractivity contribution is 5.89. The predicted octanol–water partition coefficient (Wildman–Crippen LogP) is 1.14. The molecule has 6 nitrogen and oxygen atoms in total. The molecule has 5 rings (SSSR count). The van der Waals surface area contributed by atoms with E-state index in [1.54, 1.807) is 0 Å². The quantitative estimate of drug-likeness (QED) is 0.739. The van der Waals surface area contributed by atoms with Gasteiger partial charge in [-0.1, -0.05) is 0 Å². The summed E-state index contributed by atoms with van der Waals surface area (Å²) in [6.07, 6.45) is 8.69. The number of rotatable bonds is 5. The lowest BCUT2D eigenvalue weighted by Gasteiger charge is -2.56. The summed E-state index contributed by atoms with van der Waals surface area (Å²) in [5, 5.41) is 5.54. The number of carbonyl (C=O) groups excluding carboxylic acids is 3. The maximum atomic E-state index is 12.0. The van der Waals surface area contributed by atoms with E-state index in [2.05, 4.69) is 10.6 Å². The summed E-state index contributed by atoms with van der Waals surface area (Å²) in [6, 6.07) is -0.589. The lowest BCUT2D eigenvalue weighted by atomic mass is 9.49. The van der Waals surface area contributed by atoms with E-state index in [4.69, 9.17) is 4.74 Å². The molecule has 4 saturated carbocycles. The molecule has 1 saturated heterocycles. The van der Waals surface area contributed by atoms with Crippen molar-refractivity contribution in [3.05, 3.63) is 0 Å². The van der Waals surface area contributed by atoms with Crippen LogP contribution in [0.15, 0.2) is 0 Å². The Balaban J connectivity index is 1.22. The van der Waals surface area contributed by atoms with Crippen molar-refractivity contribution in [1.29, 1.82) is 0 Å². The Hall–Kier alpha value is -1.59.